The molecule has 0 bridgehead atoms. The third-order valence-corrected chi connectivity index (χ3v) is 4.97. The van der Waals surface area contributed by atoms with Crippen molar-refractivity contribution in [2.75, 3.05) is 5.32 Å². The van der Waals surface area contributed by atoms with Gasteiger partial charge >= 0.3 is 5.97 Å². The van der Waals surface area contributed by atoms with Crippen LogP contribution in [-0.4, -0.2) is 31.5 Å². The van der Waals surface area contributed by atoms with Crippen molar-refractivity contribution in [3.8, 4) is 11.4 Å². The number of pyridine rings is 2. The number of carbonyl (C=O) groups excluding carboxylic acids is 1. The van der Waals surface area contributed by atoms with Crippen LogP contribution in [0.3, 0.4) is 0 Å². The van der Waals surface area contributed by atoms with Crippen molar-refractivity contribution in [1.82, 2.24) is 14.5 Å². The number of aromatic nitrogens is 3. The Morgan fingerprint density at radius 3 is 2.58 bits per heavy atom. The number of hydrogen-bond acceptors (Lipinski definition) is 4. The molecular formula is C24H20N4O3. The van der Waals surface area contributed by atoms with Gasteiger partial charge in [0, 0.05) is 30.0 Å². The van der Waals surface area contributed by atoms with E-state index in [9.17, 15) is 14.7 Å². The fourth-order valence-electron chi connectivity index (χ4n) is 3.32. The second-order valence-corrected chi connectivity index (χ2v) is 7.01. The highest BCUT2D eigenvalue weighted by molar-refractivity contribution is 5.98. The number of fused-ring (bicyclic) bond motifs is 1. The van der Waals surface area contributed by atoms with Crippen molar-refractivity contribution >= 4 is 28.5 Å². The van der Waals surface area contributed by atoms with Gasteiger partial charge in [0.25, 0.3) is 0 Å². The molecule has 0 atom stereocenters. The zero-order valence-corrected chi connectivity index (χ0v) is 16.7. The Labute approximate surface area is 178 Å². The maximum absolute atomic E-state index is 11.4. The minimum absolute atomic E-state index is 0.180. The molecule has 0 aliphatic rings. The lowest BCUT2D eigenvalue weighted by atomic mass is 10.1. The number of aromatic carboxylic acids is 1. The second kappa shape index (κ2) is 8.62. The summed E-state index contributed by atoms with van der Waals surface area (Å²) in [5, 5.41) is 12.9. The number of hydrogen-bond donors (Lipinski definition) is 2. The normalized spacial score (nSPS) is 10.7. The van der Waals surface area contributed by atoms with Crippen LogP contribution in [0.5, 0.6) is 0 Å². The first-order chi connectivity index (χ1) is 15.0. The highest BCUT2D eigenvalue weighted by Gasteiger charge is 2.09. The van der Waals surface area contributed by atoms with E-state index in [0.717, 1.165) is 35.1 Å². The van der Waals surface area contributed by atoms with Crippen LogP contribution in [0, 0.1) is 0 Å². The van der Waals surface area contributed by atoms with Gasteiger partial charge in [-0.05, 0) is 54.5 Å². The summed E-state index contributed by atoms with van der Waals surface area (Å²) in [5.41, 5.74) is 4.21. The van der Waals surface area contributed by atoms with Crippen molar-refractivity contribution in [3.05, 3.63) is 90.9 Å². The standard InChI is InChI=1S/C24H20N4O3/c1-2-23(29)27-19-5-3-16(4-6-19)8-11-28-12-9-17-13-21(26-15-22(17)28)20-14-18(24(30)31)7-10-25-20/h2-7,9-10,12-15H,1,8,11H2,(H,27,29)(H,30,31). The molecule has 0 spiro atoms. The van der Waals surface area contributed by atoms with E-state index in [1.54, 1.807) is 6.20 Å². The molecule has 4 aromatic rings. The SMILES string of the molecule is C=CC(=O)Nc1ccc(CCn2ccc3cc(-c4cc(C(=O)O)ccn4)ncc32)cc1. The number of carbonyl (C=O) groups is 2. The molecule has 31 heavy (non-hydrogen) atoms. The average molecular weight is 412 g/mol. The van der Waals surface area contributed by atoms with Crippen LogP contribution in [0.1, 0.15) is 15.9 Å². The van der Waals surface area contributed by atoms with Gasteiger partial charge in [-0.3, -0.25) is 14.8 Å². The summed E-state index contributed by atoms with van der Waals surface area (Å²) < 4.78 is 2.13. The minimum Gasteiger partial charge on any atom is -0.478 e. The van der Waals surface area contributed by atoms with E-state index < -0.39 is 5.97 Å². The Hall–Kier alpha value is -4.26. The fourth-order valence-corrected chi connectivity index (χ4v) is 3.32. The molecule has 0 unspecified atom stereocenters. The topological polar surface area (TPSA) is 97.1 Å². The van der Waals surface area contributed by atoms with Gasteiger partial charge in [0.2, 0.25) is 5.91 Å². The van der Waals surface area contributed by atoms with Crippen molar-refractivity contribution < 1.29 is 14.7 Å². The summed E-state index contributed by atoms with van der Waals surface area (Å²) in [6.45, 7) is 4.22. The molecule has 0 aliphatic heterocycles. The van der Waals surface area contributed by atoms with Gasteiger partial charge in [-0.15, -0.1) is 0 Å². The summed E-state index contributed by atoms with van der Waals surface area (Å²) in [6.07, 6.45) is 7.33. The van der Waals surface area contributed by atoms with E-state index in [0.29, 0.717) is 11.4 Å². The number of rotatable bonds is 7. The highest BCUT2D eigenvalue weighted by atomic mass is 16.4. The average Bonchev–Trinajstić information content (AvgIpc) is 3.21. The van der Waals surface area contributed by atoms with E-state index in [4.69, 9.17) is 0 Å². The Morgan fingerprint density at radius 1 is 1.06 bits per heavy atom. The quantitative estimate of drug-likeness (QED) is 0.444. The zero-order chi connectivity index (χ0) is 21.8. The summed E-state index contributed by atoms with van der Waals surface area (Å²) in [6, 6.07) is 14.6. The van der Waals surface area contributed by atoms with Gasteiger partial charge in [-0.2, -0.15) is 0 Å². The molecule has 3 heterocycles. The van der Waals surface area contributed by atoms with Crippen molar-refractivity contribution in [2.45, 2.75) is 13.0 Å². The molecule has 0 saturated carbocycles. The number of anilines is 1. The monoisotopic (exact) mass is 412 g/mol. The third kappa shape index (κ3) is 4.51. The molecule has 0 aliphatic carbocycles. The predicted molar refractivity (Wildman–Crippen MR) is 119 cm³/mol. The van der Waals surface area contributed by atoms with Gasteiger partial charge in [-0.25, -0.2) is 4.79 Å². The number of amides is 1. The van der Waals surface area contributed by atoms with Crippen LogP contribution in [0.2, 0.25) is 0 Å². The Balaban J connectivity index is 1.48. The Bertz CT molecular complexity index is 1280. The van der Waals surface area contributed by atoms with E-state index in [1.807, 2.05) is 42.6 Å². The van der Waals surface area contributed by atoms with Crippen molar-refractivity contribution in [1.29, 1.82) is 0 Å². The molecule has 0 fully saturated rings. The molecule has 7 heteroatoms. The number of carboxylic acids is 1. The first kappa shape index (κ1) is 20.0. The molecule has 0 radical (unpaired) electrons. The highest BCUT2D eigenvalue weighted by Crippen LogP contribution is 2.23. The fraction of sp³-hybridized carbons (Fsp3) is 0.0833. The molecule has 154 valence electrons. The van der Waals surface area contributed by atoms with Crippen LogP contribution >= 0.6 is 0 Å². The molecule has 7 nitrogen and oxygen atoms in total. The van der Waals surface area contributed by atoms with E-state index in [1.165, 1.54) is 24.4 Å². The number of benzene rings is 1. The second-order valence-electron chi connectivity index (χ2n) is 7.01. The number of nitrogens with one attached hydrogen (secondary N) is 1. The van der Waals surface area contributed by atoms with Crippen molar-refractivity contribution in [3.63, 3.8) is 0 Å². The summed E-state index contributed by atoms with van der Waals surface area (Å²) in [4.78, 5) is 31.3. The van der Waals surface area contributed by atoms with Gasteiger partial charge in [0.05, 0.1) is 28.7 Å². The molecule has 4 rings (SSSR count). The van der Waals surface area contributed by atoms with Crippen LogP contribution in [0.25, 0.3) is 22.3 Å². The maximum atomic E-state index is 11.4. The van der Waals surface area contributed by atoms with E-state index in [2.05, 4.69) is 26.4 Å². The number of aryl methyl sites for hydroxylation is 2. The molecular weight excluding hydrogens is 392 g/mol. The van der Waals surface area contributed by atoms with Gasteiger partial charge in [-0.1, -0.05) is 18.7 Å². The smallest absolute Gasteiger partial charge is 0.335 e. The molecule has 1 amide bonds. The lowest BCUT2D eigenvalue weighted by Crippen LogP contribution is -2.07. The van der Waals surface area contributed by atoms with Gasteiger partial charge in [0.15, 0.2) is 0 Å². The van der Waals surface area contributed by atoms with E-state index >= 15 is 0 Å². The molecule has 0 saturated heterocycles. The number of carboxylic acid groups (broad SMARTS) is 1. The largest absolute Gasteiger partial charge is 0.478 e. The third-order valence-electron chi connectivity index (χ3n) is 4.97. The van der Waals surface area contributed by atoms with E-state index in [-0.39, 0.29) is 11.5 Å². The molecule has 2 N–H and O–H groups in total. The zero-order valence-electron chi connectivity index (χ0n) is 16.7. The summed E-state index contributed by atoms with van der Waals surface area (Å²) >= 11 is 0. The first-order valence-corrected chi connectivity index (χ1v) is 9.70. The summed E-state index contributed by atoms with van der Waals surface area (Å²) in [7, 11) is 0. The maximum Gasteiger partial charge on any atom is 0.335 e. The van der Waals surface area contributed by atoms with Crippen LogP contribution in [0.15, 0.2) is 79.8 Å². The summed E-state index contributed by atoms with van der Waals surface area (Å²) in [5.74, 6) is -1.23. The Kier molecular flexibility index (Phi) is 5.57. The van der Waals surface area contributed by atoms with Gasteiger partial charge in [0.1, 0.15) is 0 Å². The first-order valence-electron chi connectivity index (χ1n) is 9.70. The Morgan fingerprint density at radius 2 is 1.84 bits per heavy atom. The van der Waals surface area contributed by atoms with Crippen LogP contribution in [-0.2, 0) is 17.8 Å². The molecule has 3 aromatic heterocycles. The van der Waals surface area contributed by atoms with Gasteiger partial charge < -0.3 is 15.0 Å². The lowest BCUT2D eigenvalue weighted by molar-refractivity contribution is -0.111. The molecule has 1 aromatic carbocycles. The van der Waals surface area contributed by atoms with Crippen molar-refractivity contribution in [2.24, 2.45) is 0 Å². The predicted octanol–water partition coefficient (Wildman–Crippen LogP) is 4.16. The number of nitrogens with zero attached hydrogens (tertiary/aromatic N) is 3. The lowest BCUT2D eigenvalue weighted by Gasteiger charge is -2.08. The van der Waals surface area contributed by atoms with Crippen LogP contribution in [0.4, 0.5) is 5.69 Å². The van der Waals surface area contributed by atoms with Crippen LogP contribution < -0.4 is 5.32 Å². The minimum atomic E-state index is -0.994.